The van der Waals surface area contributed by atoms with Gasteiger partial charge in [0.2, 0.25) is 11.8 Å². The molecular weight excluding hydrogens is 391 g/mol. The fourth-order valence-electron chi connectivity index (χ4n) is 2.37. The van der Waals surface area contributed by atoms with Crippen LogP contribution in [0.2, 0.25) is 0 Å². The van der Waals surface area contributed by atoms with E-state index in [1.807, 2.05) is 0 Å². The summed E-state index contributed by atoms with van der Waals surface area (Å²) in [4.78, 5) is 35.8. The Kier molecular flexibility index (Phi) is 5.95. The lowest BCUT2D eigenvalue weighted by atomic mass is 10.1. The van der Waals surface area contributed by atoms with Crippen molar-refractivity contribution >= 4 is 17.6 Å². The van der Waals surface area contributed by atoms with Gasteiger partial charge >= 0.3 is 6.18 Å². The second kappa shape index (κ2) is 8.41. The summed E-state index contributed by atoms with van der Waals surface area (Å²) >= 11 is 0. The van der Waals surface area contributed by atoms with Crippen LogP contribution in [0.25, 0.3) is 0 Å². The van der Waals surface area contributed by atoms with Crippen LogP contribution in [0.1, 0.15) is 41.9 Å². The number of aromatic nitrogens is 3. The van der Waals surface area contributed by atoms with E-state index in [0.717, 1.165) is 12.8 Å². The number of carbonyl (C=O) groups is 2. The summed E-state index contributed by atoms with van der Waals surface area (Å²) < 4.78 is 41.0. The number of hydrogen-bond acceptors (Lipinski definition) is 6. The first-order valence-electron chi connectivity index (χ1n) is 8.80. The highest BCUT2D eigenvalue weighted by atomic mass is 19.4. The largest absolute Gasteiger partial charge is 0.468 e. The molecule has 0 radical (unpaired) electrons. The monoisotopic (exact) mass is 409 g/mol. The lowest BCUT2D eigenvalue weighted by molar-refractivity contribution is -0.154. The van der Waals surface area contributed by atoms with Crippen LogP contribution in [0.4, 0.5) is 19.0 Å². The third kappa shape index (κ3) is 6.13. The van der Waals surface area contributed by atoms with E-state index in [0.29, 0.717) is 5.56 Å². The molecule has 0 bridgehead atoms. The van der Waals surface area contributed by atoms with E-state index >= 15 is 0 Å². The fourth-order valence-corrected chi connectivity index (χ4v) is 2.37. The molecule has 1 fully saturated rings. The molecule has 1 saturated carbocycles. The van der Waals surface area contributed by atoms with Crippen molar-refractivity contribution in [3.05, 3.63) is 42.0 Å². The molecule has 8 nitrogen and oxygen atoms in total. The number of nitrogens with one attached hydrogen (secondary N) is 2. The molecule has 11 heteroatoms. The number of carbonyl (C=O) groups excluding carboxylic acids is 2. The Morgan fingerprint density at radius 3 is 2.62 bits per heavy atom. The quantitative estimate of drug-likeness (QED) is 0.728. The standard InChI is InChI=1S/C18H18F3N5O3/c1-10(12-4-5-15(22-7-12)29-8-18(19,20)21)25-17(28)13-6-14(24-9-23-13)26-16(27)11-2-3-11/h4-7,9-11H,2-3,8H2,1H3,(H,25,28)(H,23,24,26,27). The molecular formula is C18H18F3N5O3. The van der Waals surface area contributed by atoms with Crippen LogP contribution < -0.4 is 15.4 Å². The van der Waals surface area contributed by atoms with E-state index in [9.17, 15) is 22.8 Å². The van der Waals surface area contributed by atoms with E-state index < -0.39 is 24.7 Å². The van der Waals surface area contributed by atoms with E-state index in [1.165, 1.54) is 30.7 Å². The molecule has 1 atom stereocenters. The van der Waals surface area contributed by atoms with Crippen molar-refractivity contribution in [3.8, 4) is 5.88 Å². The number of pyridine rings is 1. The molecule has 154 valence electrons. The first-order chi connectivity index (χ1) is 13.7. The molecule has 0 aromatic carbocycles. The molecule has 2 amide bonds. The summed E-state index contributed by atoms with van der Waals surface area (Å²) in [5.74, 6) is -0.571. The molecule has 2 aromatic rings. The van der Waals surface area contributed by atoms with Crippen molar-refractivity contribution in [3.63, 3.8) is 0 Å². The number of amides is 2. The van der Waals surface area contributed by atoms with Crippen molar-refractivity contribution in [2.75, 3.05) is 11.9 Å². The SMILES string of the molecule is CC(NC(=O)c1cc(NC(=O)C2CC2)ncn1)c1ccc(OCC(F)(F)F)nc1. The Bertz CT molecular complexity index is 885. The summed E-state index contributed by atoms with van der Waals surface area (Å²) in [5.41, 5.74) is 0.630. The maximum Gasteiger partial charge on any atom is 0.422 e. The molecule has 29 heavy (non-hydrogen) atoms. The molecule has 1 aliphatic rings. The Balaban J connectivity index is 1.57. The van der Waals surface area contributed by atoms with Gasteiger partial charge in [0, 0.05) is 24.2 Å². The normalized spacial score (nSPS) is 14.8. The van der Waals surface area contributed by atoms with Crippen LogP contribution >= 0.6 is 0 Å². The molecule has 2 heterocycles. The van der Waals surface area contributed by atoms with Crippen molar-refractivity contribution in [2.24, 2.45) is 5.92 Å². The molecule has 1 aliphatic carbocycles. The summed E-state index contributed by atoms with van der Waals surface area (Å²) in [7, 11) is 0. The van der Waals surface area contributed by atoms with E-state index in [-0.39, 0.29) is 29.2 Å². The van der Waals surface area contributed by atoms with Crippen LogP contribution in [0, 0.1) is 5.92 Å². The Morgan fingerprint density at radius 2 is 2.00 bits per heavy atom. The van der Waals surface area contributed by atoms with Crippen LogP contribution in [0.5, 0.6) is 5.88 Å². The number of hydrogen-bond donors (Lipinski definition) is 2. The summed E-state index contributed by atoms with van der Waals surface area (Å²) in [6.45, 7) is 0.251. The molecule has 0 spiro atoms. The van der Waals surface area contributed by atoms with Gasteiger partial charge < -0.3 is 15.4 Å². The highest BCUT2D eigenvalue weighted by Crippen LogP contribution is 2.29. The third-order valence-electron chi connectivity index (χ3n) is 4.09. The van der Waals surface area contributed by atoms with Gasteiger partial charge in [0.15, 0.2) is 6.61 Å². The van der Waals surface area contributed by atoms with Gasteiger partial charge in [-0.25, -0.2) is 15.0 Å². The van der Waals surface area contributed by atoms with Crippen molar-refractivity contribution < 1.29 is 27.5 Å². The summed E-state index contributed by atoms with van der Waals surface area (Å²) in [5, 5.41) is 5.34. The number of alkyl halides is 3. The van der Waals surface area contributed by atoms with Crippen LogP contribution in [0.15, 0.2) is 30.7 Å². The Labute approximate surface area is 163 Å². The fraction of sp³-hybridized carbons (Fsp3) is 0.389. The zero-order chi connectivity index (χ0) is 21.0. The molecule has 0 aliphatic heterocycles. The maximum absolute atomic E-state index is 12.4. The minimum atomic E-state index is -4.45. The Hall–Kier alpha value is -3.24. The first kappa shape index (κ1) is 20.5. The predicted molar refractivity (Wildman–Crippen MR) is 95.1 cm³/mol. The maximum atomic E-state index is 12.4. The zero-order valence-corrected chi connectivity index (χ0v) is 15.4. The van der Waals surface area contributed by atoms with Gasteiger partial charge in [-0.2, -0.15) is 13.2 Å². The number of nitrogens with zero attached hydrogens (tertiary/aromatic N) is 3. The van der Waals surface area contributed by atoms with Crippen molar-refractivity contribution in [1.29, 1.82) is 0 Å². The van der Waals surface area contributed by atoms with Crippen LogP contribution in [0.3, 0.4) is 0 Å². The summed E-state index contributed by atoms with van der Waals surface area (Å²) in [6.07, 6.45) is -0.268. The van der Waals surface area contributed by atoms with E-state index in [4.69, 9.17) is 0 Å². The zero-order valence-electron chi connectivity index (χ0n) is 15.4. The number of rotatable bonds is 7. The predicted octanol–water partition coefficient (Wildman–Crippen LogP) is 2.65. The highest BCUT2D eigenvalue weighted by molar-refractivity contribution is 5.96. The van der Waals surface area contributed by atoms with Crippen molar-refractivity contribution in [1.82, 2.24) is 20.3 Å². The van der Waals surface area contributed by atoms with Gasteiger partial charge in [-0.05, 0) is 25.3 Å². The number of ether oxygens (including phenoxy) is 1. The molecule has 0 saturated heterocycles. The van der Waals surface area contributed by atoms with Gasteiger partial charge in [0.25, 0.3) is 5.91 Å². The van der Waals surface area contributed by atoms with Crippen LogP contribution in [-0.4, -0.2) is 39.5 Å². The minimum Gasteiger partial charge on any atom is -0.468 e. The van der Waals surface area contributed by atoms with Gasteiger partial charge in [-0.1, -0.05) is 6.07 Å². The lowest BCUT2D eigenvalue weighted by Crippen LogP contribution is -2.28. The molecule has 2 N–H and O–H groups in total. The van der Waals surface area contributed by atoms with E-state index in [2.05, 4.69) is 30.3 Å². The smallest absolute Gasteiger partial charge is 0.422 e. The third-order valence-corrected chi connectivity index (χ3v) is 4.09. The van der Waals surface area contributed by atoms with Crippen LogP contribution in [-0.2, 0) is 4.79 Å². The number of anilines is 1. The van der Waals surface area contributed by atoms with Gasteiger partial charge in [-0.3, -0.25) is 9.59 Å². The first-order valence-corrected chi connectivity index (χ1v) is 8.80. The van der Waals surface area contributed by atoms with E-state index in [1.54, 1.807) is 6.92 Å². The molecule has 3 rings (SSSR count). The van der Waals surface area contributed by atoms with Gasteiger partial charge in [-0.15, -0.1) is 0 Å². The average Bonchev–Trinajstić information content (AvgIpc) is 3.52. The average molecular weight is 409 g/mol. The second-order valence-corrected chi connectivity index (χ2v) is 6.58. The minimum absolute atomic E-state index is 0.00199. The highest BCUT2D eigenvalue weighted by Gasteiger charge is 2.30. The van der Waals surface area contributed by atoms with Crippen molar-refractivity contribution in [2.45, 2.75) is 32.0 Å². The number of halogens is 3. The Morgan fingerprint density at radius 1 is 1.24 bits per heavy atom. The van der Waals surface area contributed by atoms with Gasteiger partial charge in [0.05, 0.1) is 6.04 Å². The lowest BCUT2D eigenvalue weighted by Gasteiger charge is -2.15. The second-order valence-electron chi connectivity index (χ2n) is 6.58. The van der Waals surface area contributed by atoms with Gasteiger partial charge in [0.1, 0.15) is 17.8 Å². The summed E-state index contributed by atoms with van der Waals surface area (Å²) in [6, 6.07) is 3.67. The molecule has 2 aromatic heterocycles. The molecule has 1 unspecified atom stereocenters. The topological polar surface area (TPSA) is 106 Å².